The van der Waals surface area contributed by atoms with Crippen LogP contribution in [-0.2, 0) is 4.79 Å². The van der Waals surface area contributed by atoms with Crippen molar-refractivity contribution >= 4 is 39.4 Å². The highest BCUT2D eigenvalue weighted by molar-refractivity contribution is 9.10. The molecule has 6 heteroatoms. The van der Waals surface area contributed by atoms with Crippen LogP contribution in [-0.4, -0.2) is 15.8 Å². The molecule has 0 saturated heterocycles. The standard InChI is InChI=1S/C16H16BrN3OS/c17-11-3-7-13(8-4-11)22-14-9-19-16(18)20-15(14)10-1-5-12(21)6-2-10/h3-4,7-10H,1-2,5-6H2,(H2,18,19,20). The largest absolute Gasteiger partial charge is 0.368 e. The van der Waals surface area contributed by atoms with Gasteiger partial charge in [0.05, 0.1) is 10.6 Å². The summed E-state index contributed by atoms with van der Waals surface area (Å²) in [5.41, 5.74) is 6.75. The number of nitrogen functional groups attached to an aromatic ring is 1. The molecule has 0 aliphatic heterocycles. The topological polar surface area (TPSA) is 68.9 Å². The zero-order valence-electron chi connectivity index (χ0n) is 12.0. The number of carbonyl (C=O) groups is 1. The number of anilines is 1. The van der Waals surface area contributed by atoms with Gasteiger partial charge in [-0.25, -0.2) is 9.97 Å². The Morgan fingerprint density at radius 2 is 1.86 bits per heavy atom. The van der Waals surface area contributed by atoms with Crippen molar-refractivity contribution in [3.63, 3.8) is 0 Å². The fourth-order valence-corrected chi connectivity index (χ4v) is 3.82. The number of hydrogen-bond acceptors (Lipinski definition) is 5. The number of nitrogens with two attached hydrogens (primary N) is 1. The van der Waals surface area contributed by atoms with Gasteiger partial charge in [-0.15, -0.1) is 0 Å². The molecule has 3 rings (SSSR count). The first-order valence-corrected chi connectivity index (χ1v) is 8.80. The molecule has 0 atom stereocenters. The van der Waals surface area contributed by atoms with Crippen LogP contribution in [0, 0.1) is 0 Å². The molecule has 1 fully saturated rings. The SMILES string of the molecule is Nc1ncc(Sc2ccc(Br)cc2)c(C2CCC(=O)CC2)n1. The van der Waals surface area contributed by atoms with Gasteiger partial charge in [-0.1, -0.05) is 27.7 Å². The van der Waals surface area contributed by atoms with Gasteiger partial charge >= 0.3 is 0 Å². The minimum Gasteiger partial charge on any atom is -0.368 e. The van der Waals surface area contributed by atoms with Crippen molar-refractivity contribution in [2.24, 2.45) is 0 Å². The maximum Gasteiger partial charge on any atom is 0.220 e. The van der Waals surface area contributed by atoms with Gasteiger partial charge in [0.1, 0.15) is 5.78 Å². The molecule has 1 saturated carbocycles. The molecule has 4 nitrogen and oxygen atoms in total. The number of carbonyl (C=O) groups excluding carboxylic acids is 1. The third-order valence-corrected chi connectivity index (χ3v) is 5.34. The van der Waals surface area contributed by atoms with Crippen molar-refractivity contribution in [3.05, 3.63) is 40.6 Å². The zero-order valence-corrected chi connectivity index (χ0v) is 14.4. The molecule has 0 radical (unpaired) electrons. The number of benzene rings is 1. The van der Waals surface area contributed by atoms with E-state index in [4.69, 9.17) is 5.73 Å². The van der Waals surface area contributed by atoms with Crippen LogP contribution in [0.15, 0.2) is 44.7 Å². The van der Waals surface area contributed by atoms with Crippen LogP contribution in [0.4, 0.5) is 5.95 Å². The Kier molecular flexibility index (Phi) is 4.78. The number of aromatic nitrogens is 2. The van der Waals surface area contributed by atoms with E-state index in [0.29, 0.717) is 30.5 Å². The Hall–Kier alpha value is -1.40. The summed E-state index contributed by atoms with van der Waals surface area (Å²) in [7, 11) is 0. The highest BCUT2D eigenvalue weighted by Crippen LogP contribution is 2.38. The highest BCUT2D eigenvalue weighted by Gasteiger charge is 2.24. The smallest absolute Gasteiger partial charge is 0.220 e. The third kappa shape index (κ3) is 3.67. The molecule has 114 valence electrons. The summed E-state index contributed by atoms with van der Waals surface area (Å²) in [5, 5.41) is 0. The first-order valence-electron chi connectivity index (χ1n) is 7.19. The molecular weight excluding hydrogens is 362 g/mol. The third-order valence-electron chi connectivity index (χ3n) is 3.77. The summed E-state index contributed by atoms with van der Waals surface area (Å²) in [5.74, 6) is 0.938. The molecule has 0 unspecified atom stereocenters. The summed E-state index contributed by atoms with van der Waals surface area (Å²) < 4.78 is 1.05. The van der Waals surface area contributed by atoms with Gasteiger partial charge in [0, 0.05) is 34.3 Å². The summed E-state index contributed by atoms with van der Waals surface area (Å²) in [4.78, 5) is 22.2. The fourth-order valence-electron chi connectivity index (χ4n) is 2.61. The monoisotopic (exact) mass is 377 g/mol. The molecule has 1 aliphatic carbocycles. The van der Waals surface area contributed by atoms with Crippen LogP contribution in [0.2, 0.25) is 0 Å². The summed E-state index contributed by atoms with van der Waals surface area (Å²) in [6.45, 7) is 0. The predicted molar refractivity (Wildman–Crippen MR) is 90.9 cm³/mol. The average Bonchev–Trinajstić information content (AvgIpc) is 2.52. The van der Waals surface area contributed by atoms with Crippen molar-refractivity contribution in [1.82, 2.24) is 9.97 Å². The Labute approximate surface area is 142 Å². The average molecular weight is 378 g/mol. The van der Waals surface area contributed by atoms with E-state index in [1.807, 2.05) is 12.1 Å². The maximum atomic E-state index is 11.4. The summed E-state index contributed by atoms with van der Waals surface area (Å²) in [6.07, 6.45) is 4.76. The van der Waals surface area contributed by atoms with Crippen LogP contribution in [0.5, 0.6) is 0 Å². The van der Waals surface area contributed by atoms with Gasteiger partial charge in [-0.05, 0) is 37.1 Å². The van der Waals surface area contributed by atoms with Gasteiger partial charge in [0.2, 0.25) is 5.95 Å². The van der Waals surface area contributed by atoms with E-state index >= 15 is 0 Å². The Balaban J connectivity index is 1.87. The quantitative estimate of drug-likeness (QED) is 0.867. The number of Topliss-reactive ketones (excluding diaryl/α,β-unsaturated/α-hetero) is 1. The lowest BCUT2D eigenvalue weighted by Crippen LogP contribution is -2.15. The van der Waals surface area contributed by atoms with Crippen LogP contribution in [0.3, 0.4) is 0 Å². The molecule has 1 aromatic heterocycles. The van der Waals surface area contributed by atoms with Crippen LogP contribution in [0.25, 0.3) is 0 Å². The summed E-state index contributed by atoms with van der Waals surface area (Å²) in [6, 6.07) is 8.14. The number of halogens is 1. The van der Waals surface area contributed by atoms with Crippen molar-refractivity contribution < 1.29 is 4.79 Å². The molecule has 0 spiro atoms. The minimum atomic E-state index is 0.293. The fraction of sp³-hybridized carbons (Fsp3) is 0.312. The van der Waals surface area contributed by atoms with E-state index in [1.54, 1.807) is 18.0 Å². The molecular formula is C16H16BrN3OS. The van der Waals surface area contributed by atoms with Crippen molar-refractivity contribution in [2.45, 2.75) is 41.4 Å². The lowest BCUT2D eigenvalue weighted by Gasteiger charge is -2.22. The molecule has 22 heavy (non-hydrogen) atoms. The van der Waals surface area contributed by atoms with Crippen molar-refractivity contribution in [1.29, 1.82) is 0 Å². The van der Waals surface area contributed by atoms with E-state index in [2.05, 4.69) is 38.0 Å². The van der Waals surface area contributed by atoms with E-state index in [-0.39, 0.29) is 0 Å². The molecule has 1 aromatic carbocycles. The second kappa shape index (κ2) is 6.79. The highest BCUT2D eigenvalue weighted by atomic mass is 79.9. The van der Waals surface area contributed by atoms with E-state index < -0.39 is 0 Å². The maximum absolute atomic E-state index is 11.4. The molecule has 1 heterocycles. The van der Waals surface area contributed by atoms with E-state index in [0.717, 1.165) is 32.8 Å². The first-order chi connectivity index (χ1) is 10.6. The Morgan fingerprint density at radius 3 is 2.55 bits per heavy atom. The van der Waals surface area contributed by atoms with Crippen molar-refractivity contribution in [3.8, 4) is 0 Å². The lowest BCUT2D eigenvalue weighted by atomic mass is 9.86. The van der Waals surface area contributed by atoms with Gasteiger partial charge in [-0.3, -0.25) is 4.79 Å². The van der Waals surface area contributed by atoms with Crippen molar-refractivity contribution in [2.75, 3.05) is 5.73 Å². The summed E-state index contributed by atoms with van der Waals surface area (Å²) >= 11 is 5.08. The van der Waals surface area contributed by atoms with Crippen LogP contribution in [0.1, 0.15) is 37.3 Å². The number of rotatable bonds is 3. The van der Waals surface area contributed by atoms with E-state index in [1.165, 1.54) is 0 Å². The predicted octanol–water partition coefficient (Wildman–Crippen LogP) is 4.20. The molecule has 0 bridgehead atoms. The van der Waals surface area contributed by atoms with Crippen LogP contribution >= 0.6 is 27.7 Å². The number of nitrogens with zero attached hydrogens (tertiary/aromatic N) is 2. The lowest BCUT2D eigenvalue weighted by molar-refractivity contribution is -0.120. The molecule has 0 amide bonds. The number of ketones is 1. The second-order valence-electron chi connectivity index (χ2n) is 5.35. The van der Waals surface area contributed by atoms with E-state index in [9.17, 15) is 4.79 Å². The second-order valence-corrected chi connectivity index (χ2v) is 7.38. The molecule has 1 aliphatic rings. The normalized spacial score (nSPS) is 16.0. The van der Waals surface area contributed by atoms with Gasteiger partial charge in [0.25, 0.3) is 0 Å². The number of hydrogen-bond donors (Lipinski definition) is 1. The molecule has 2 N–H and O–H groups in total. The van der Waals surface area contributed by atoms with Gasteiger partial charge < -0.3 is 5.73 Å². The minimum absolute atomic E-state index is 0.293. The first kappa shape index (κ1) is 15.5. The van der Waals surface area contributed by atoms with Gasteiger partial charge in [0.15, 0.2) is 0 Å². The zero-order chi connectivity index (χ0) is 15.5. The molecule has 2 aromatic rings. The van der Waals surface area contributed by atoms with Gasteiger partial charge in [-0.2, -0.15) is 0 Å². The Bertz CT molecular complexity index is 680. The van der Waals surface area contributed by atoms with Crippen LogP contribution < -0.4 is 5.73 Å². The Morgan fingerprint density at radius 1 is 1.18 bits per heavy atom.